The van der Waals surface area contributed by atoms with Gasteiger partial charge in [0.25, 0.3) is 0 Å². The predicted molar refractivity (Wildman–Crippen MR) is 111 cm³/mol. The number of benzene rings is 2. The largest absolute Gasteiger partial charge is 0.386 e. The van der Waals surface area contributed by atoms with Crippen LogP contribution in [-0.4, -0.2) is 41.6 Å². The number of hydrogen-bond donors (Lipinski definition) is 2. The normalized spacial score (nSPS) is 19.3. The monoisotopic (exact) mass is 378 g/mol. The Kier molecular flexibility index (Phi) is 6.08. The molecular weight excluding hydrogens is 348 g/mol. The Labute approximate surface area is 167 Å². The van der Waals surface area contributed by atoms with E-state index in [4.69, 9.17) is 0 Å². The SMILES string of the molecule is O=C(CC1Cc2ccccc2C1)N[C@H](CN1CCCC1)[C@H](O)c1ccccc1. The van der Waals surface area contributed by atoms with Crippen LogP contribution >= 0.6 is 0 Å². The number of carbonyl (C=O) groups is 1. The number of aliphatic hydroxyl groups excluding tert-OH is 1. The van der Waals surface area contributed by atoms with E-state index in [1.807, 2.05) is 30.3 Å². The molecule has 148 valence electrons. The van der Waals surface area contributed by atoms with Gasteiger partial charge in [0.15, 0.2) is 0 Å². The van der Waals surface area contributed by atoms with Gasteiger partial charge in [0.2, 0.25) is 5.91 Å². The summed E-state index contributed by atoms with van der Waals surface area (Å²) in [6, 6.07) is 17.9. The van der Waals surface area contributed by atoms with Crippen molar-refractivity contribution < 1.29 is 9.90 Å². The second-order valence-corrected chi connectivity index (χ2v) is 8.28. The molecule has 0 unspecified atom stereocenters. The van der Waals surface area contributed by atoms with Crippen molar-refractivity contribution in [1.82, 2.24) is 10.2 Å². The fourth-order valence-electron chi connectivity index (χ4n) is 4.67. The van der Waals surface area contributed by atoms with E-state index in [0.717, 1.165) is 31.5 Å². The number of amides is 1. The minimum absolute atomic E-state index is 0.0528. The molecule has 0 radical (unpaired) electrons. The van der Waals surface area contributed by atoms with Gasteiger partial charge in [-0.2, -0.15) is 0 Å². The fourth-order valence-corrected chi connectivity index (χ4v) is 4.67. The average molecular weight is 379 g/mol. The van der Waals surface area contributed by atoms with Gasteiger partial charge >= 0.3 is 0 Å². The van der Waals surface area contributed by atoms with Crippen LogP contribution in [0.3, 0.4) is 0 Å². The molecule has 2 N–H and O–H groups in total. The molecule has 0 spiro atoms. The topological polar surface area (TPSA) is 52.6 Å². The van der Waals surface area contributed by atoms with Crippen molar-refractivity contribution in [3.63, 3.8) is 0 Å². The summed E-state index contributed by atoms with van der Waals surface area (Å²) in [7, 11) is 0. The Morgan fingerprint density at radius 1 is 1.00 bits per heavy atom. The van der Waals surface area contributed by atoms with Gasteiger partial charge in [-0.05, 0) is 61.4 Å². The van der Waals surface area contributed by atoms with Crippen molar-refractivity contribution in [2.24, 2.45) is 5.92 Å². The van der Waals surface area contributed by atoms with E-state index in [0.29, 0.717) is 18.9 Å². The first kappa shape index (κ1) is 19.2. The number of nitrogens with one attached hydrogen (secondary N) is 1. The summed E-state index contributed by atoms with van der Waals surface area (Å²) in [5.41, 5.74) is 3.61. The van der Waals surface area contributed by atoms with Crippen LogP contribution in [0.1, 0.15) is 42.1 Å². The third-order valence-electron chi connectivity index (χ3n) is 6.13. The second-order valence-electron chi connectivity index (χ2n) is 8.28. The number of fused-ring (bicyclic) bond motifs is 1. The maximum Gasteiger partial charge on any atom is 0.220 e. The lowest BCUT2D eigenvalue weighted by atomic mass is 9.99. The van der Waals surface area contributed by atoms with Gasteiger partial charge < -0.3 is 15.3 Å². The Balaban J connectivity index is 1.39. The van der Waals surface area contributed by atoms with Crippen LogP contribution < -0.4 is 5.32 Å². The van der Waals surface area contributed by atoms with Crippen LogP contribution in [0.5, 0.6) is 0 Å². The second kappa shape index (κ2) is 8.89. The third kappa shape index (κ3) is 4.62. The molecule has 0 aromatic heterocycles. The highest BCUT2D eigenvalue weighted by atomic mass is 16.3. The zero-order valence-electron chi connectivity index (χ0n) is 16.4. The number of nitrogens with zero attached hydrogens (tertiary/aromatic N) is 1. The molecule has 0 saturated carbocycles. The summed E-state index contributed by atoms with van der Waals surface area (Å²) in [6.45, 7) is 2.80. The summed E-state index contributed by atoms with van der Waals surface area (Å²) >= 11 is 0. The van der Waals surface area contributed by atoms with Crippen molar-refractivity contribution in [3.8, 4) is 0 Å². The van der Waals surface area contributed by atoms with Crippen molar-refractivity contribution >= 4 is 5.91 Å². The smallest absolute Gasteiger partial charge is 0.220 e. The number of likely N-dealkylation sites (tertiary alicyclic amines) is 1. The van der Waals surface area contributed by atoms with E-state index >= 15 is 0 Å². The molecule has 4 heteroatoms. The Morgan fingerprint density at radius 2 is 1.61 bits per heavy atom. The summed E-state index contributed by atoms with van der Waals surface area (Å²) in [4.78, 5) is 15.2. The number of aliphatic hydroxyl groups is 1. The van der Waals surface area contributed by atoms with Gasteiger partial charge in [0, 0.05) is 13.0 Å². The van der Waals surface area contributed by atoms with E-state index in [1.54, 1.807) is 0 Å². The van der Waals surface area contributed by atoms with E-state index in [2.05, 4.69) is 34.5 Å². The molecule has 0 bridgehead atoms. The first-order valence-corrected chi connectivity index (χ1v) is 10.5. The minimum Gasteiger partial charge on any atom is -0.386 e. The van der Waals surface area contributed by atoms with E-state index in [-0.39, 0.29) is 11.9 Å². The maximum absolute atomic E-state index is 12.8. The molecule has 2 aliphatic rings. The molecular formula is C24H30N2O2. The summed E-state index contributed by atoms with van der Waals surface area (Å²) in [6.07, 6.45) is 4.17. The van der Waals surface area contributed by atoms with Crippen LogP contribution in [0.25, 0.3) is 0 Å². The molecule has 28 heavy (non-hydrogen) atoms. The van der Waals surface area contributed by atoms with Gasteiger partial charge in [0.05, 0.1) is 6.04 Å². The Hall–Kier alpha value is -2.17. The average Bonchev–Trinajstić information content (AvgIpc) is 3.36. The molecule has 1 fully saturated rings. The highest BCUT2D eigenvalue weighted by Gasteiger charge is 2.28. The number of rotatable bonds is 7. The zero-order chi connectivity index (χ0) is 19.3. The van der Waals surface area contributed by atoms with Crippen LogP contribution in [0.4, 0.5) is 0 Å². The molecule has 1 heterocycles. The van der Waals surface area contributed by atoms with Crippen LogP contribution in [0.2, 0.25) is 0 Å². The maximum atomic E-state index is 12.8. The number of carbonyl (C=O) groups excluding carboxylic acids is 1. The Bertz CT molecular complexity index is 761. The van der Waals surface area contributed by atoms with Crippen molar-refractivity contribution in [1.29, 1.82) is 0 Å². The summed E-state index contributed by atoms with van der Waals surface area (Å²) in [5, 5.41) is 14.1. The fraction of sp³-hybridized carbons (Fsp3) is 0.458. The predicted octanol–water partition coefficient (Wildman–Crippen LogP) is 3.11. The van der Waals surface area contributed by atoms with E-state index in [1.165, 1.54) is 24.0 Å². The van der Waals surface area contributed by atoms with Crippen molar-refractivity contribution in [2.75, 3.05) is 19.6 Å². The van der Waals surface area contributed by atoms with Gasteiger partial charge in [-0.25, -0.2) is 0 Å². The van der Waals surface area contributed by atoms with E-state index < -0.39 is 6.10 Å². The molecule has 2 aromatic carbocycles. The van der Waals surface area contributed by atoms with Gasteiger partial charge in [-0.3, -0.25) is 4.79 Å². The molecule has 1 amide bonds. The quantitative estimate of drug-likeness (QED) is 0.778. The molecule has 2 aromatic rings. The van der Waals surface area contributed by atoms with Gasteiger partial charge in [-0.15, -0.1) is 0 Å². The lowest BCUT2D eigenvalue weighted by Crippen LogP contribution is -2.47. The standard InChI is InChI=1S/C24H30N2O2/c27-23(16-18-14-20-10-4-5-11-21(20)15-18)25-22(17-26-12-6-7-13-26)24(28)19-8-2-1-3-9-19/h1-5,8-11,18,22,24,28H,6-7,12-17H2,(H,25,27)/t22-,24-/m1/s1. The lowest BCUT2D eigenvalue weighted by molar-refractivity contribution is -0.123. The highest BCUT2D eigenvalue weighted by Crippen LogP contribution is 2.28. The summed E-state index contributed by atoms with van der Waals surface area (Å²) in [5.74, 6) is 0.413. The zero-order valence-corrected chi connectivity index (χ0v) is 16.4. The summed E-state index contributed by atoms with van der Waals surface area (Å²) < 4.78 is 0. The molecule has 4 nitrogen and oxygen atoms in total. The molecule has 1 aliphatic heterocycles. The Morgan fingerprint density at radius 3 is 2.25 bits per heavy atom. The molecule has 2 atom stereocenters. The van der Waals surface area contributed by atoms with E-state index in [9.17, 15) is 9.90 Å². The molecule has 4 rings (SSSR count). The first-order chi connectivity index (χ1) is 13.7. The first-order valence-electron chi connectivity index (χ1n) is 10.5. The molecule has 1 aliphatic carbocycles. The van der Waals surface area contributed by atoms with Crippen LogP contribution in [0, 0.1) is 5.92 Å². The third-order valence-corrected chi connectivity index (χ3v) is 6.13. The van der Waals surface area contributed by atoms with Crippen LogP contribution in [-0.2, 0) is 17.6 Å². The molecule has 1 saturated heterocycles. The lowest BCUT2D eigenvalue weighted by Gasteiger charge is -2.29. The van der Waals surface area contributed by atoms with Crippen LogP contribution in [0.15, 0.2) is 54.6 Å². The van der Waals surface area contributed by atoms with Gasteiger partial charge in [0.1, 0.15) is 6.10 Å². The van der Waals surface area contributed by atoms with Crippen molar-refractivity contribution in [3.05, 3.63) is 71.3 Å². The minimum atomic E-state index is -0.688. The van der Waals surface area contributed by atoms with Crippen molar-refractivity contribution in [2.45, 2.75) is 44.2 Å². The van der Waals surface area contributed by atoms with Gasteiger partial charge in [-0.1, -0.05) is 54.6 Å². The highest BCUT2D eigenvalue weighted by molar-refractivity contribution is 5.77. The number of hydrogen-bond acceptors (Lipinski definition) is 3.